The van der Waals surface area contributed by atoms with Crippen molar-refractivity contribution in [3.63, 3.8) is 0 Å². The standard InChI is InChI=1S/C14H21FN2/c1-11(9-16-12-7-8-12)10-17(2)14-6-4-3-5-13(14)15/h3-6,11-12,16H,7-10H2,1-2H3. The summed E-state index contributed by atoms with van der Waals surface area (Å²) in [6, 6.07) is 7.69. The van der Waals surface area contributed by atoms with Crippen LogP contribution in [-0.4, -0.2) is 26.2 Å². The third-order valence-electron chi connectivity index (χ3n) is 3.18. The number of nitrogens with one attached hydrogen (secondary N) is 1. The topological polar surface area (TPSA) is 15.3 Å². The van der Waals surface area contributed by atoms with Crippen LogP contribution in [0.3, 0.4) is 0 Å². The van der Waals surface area contributed by atoms with Crippen molar-refractivity contribution in [3.8, 4) is 0 Å². The van der Waals surface area contributed by atoms with E-state index >= 15 is 0 Å². The fourth-order valence-corrected chi connectivity index (χ4v) is 2.05. The number of hydrogen-bond donors (Lipinski definition) is 1. The number of anilines is 1. The molecule has 0 bridgehead atoms. The molecule has 1 aromatic carbocycles. The number of nitrogens with zero attached hydrogens (tertiary/aromatic N) is 1. The van der Waals surface area contributed by atoms with Gasteiger partial charge in [-0.25, -0.2) is 4.39 Å². The van der Waals surface area contributed by atoms with Crippen LogP contribution in [0.25, 0.3) is 0 Å². The van der Waals surface area contributed by atoms with Gasteiger partial charge in [-0.05, 0) is 37.4 Å². The van der Waals surface area contributed by atoms with Gasteiger partial charge in [0.1, 0.15) is 5.82 Å². The van der Waals surface area contributed by atoms with Gasteiger partial charge in [0.15, 0.2) is 0 Å². The van der Waals surface area contributed by atoms with Crippen LogP contribution in [0.4, 0.5) is 10.1 Å². The van der Waals surface area contributed by atoms with Crippen molar-refractivity contribution in [2.45, 2.75) is 25.8 Å². The van der Waals surface area contributed by atoms with Gasteiger partial charge in [-0.1, -0.05) is 19.1 Å². The molecule has 1 atom stereocenters. The largest absolute Gasteiger partial charge is 0.372 e. The molecule has 94 valence electrons. The first kappa shape index (κ1) is 12.4. The molecule has 1 aliphatic rings. The Balaban J connectivity index is 1.82. The zero-order chi connectivity index (χ0) is 12.3. The van der Waals surface area contributed by atoms with Crippen molar-refractivity contribution in [1.29, 1.82) is 0 Å². The molecule has 1 unspecified atom stereocenters. The minimum Gasteiger partial charge on any atom is -0.372 e. The maximum Gasteiger partial charge on any atom is 0.146 e. The highest BCUT2D eigenvalue weighted by atomic mass is 19.1. The van der Waals surface area contributed by atoms with Gasteiger partial charge in [0, 0.05) is 19.6 Å². The molecule has 0 saturated heterocycles. The number of benzene rings is 1. The average Bonchev–Trinajstić information content (AvgIpc) is 3.10. The van der Waals surface area contributed by atoms with Crippen molar-refractivity contribution < 1.29 is 4.39 Å². The Hall–Kier alpha value is -1.09. The van der Waals surface area contributed by atoms with E-state index in [1.807, 2.05) is 24.1 Å². The van der Waals surface area contributed by atoms with E-state index in [0.717, 1.165) is 19.1 Å². The summed E-state index contributed by atoms with van der Waals surface area (Å²) in [7, 11) is 1.95. The highest BCUT2D eigenvalue weighted by Crippen LogP contribution is 2.20. The molecule has 1 saturated carbocycles. The molecule has 0 aromatic heterocycles. The predicted octanol–water partition coefficient (Wildman–Crippen LogP) is 2.65. The normalized spacial score (nSPS) is 16.9. The van der Waals surface area contributed by atoms with Crippen LogP contribution in [-0.2, 0) is 0 Å². The van der Waals surface area contributed by atoms with Gasteiger partial charge in [-0.3, -0.25) is 0 Å². The first-order valence-corrected chi connectivity index (χ1v) is 6.36. The molecule has 1 aromatic rings. The van der Waals surface area contributed by atoms with Crippen molar-refractivity contribution in [2.75, 3.05) is 25.0 Å². The molecular weight excluding hydrogens is 215 g/mol. The number of hydrogen-bond acceptors (Lipinski definition) is 2. The smallest absolute Gasteiger partial charge is 0.146 e. The maximum absolute atomic E-state index is 13.6. The number of halogens is 1. The summed E-state index contributed by atoms with van der Waals surface area (Å²) in [4.78, 5) is 1.99. The molecule has 0 aliphatic heterocycles. The van der Waals surface area contributed by atoms with E-state index in [4.69, 9.17) is 0 Å². The summed E-state index contributed by atoms with van der Waals surface area (Å²) >= 11 is 0. The van der Waals surface area contributed by atoms with Crippen molar-refractivity contribution in [2.24, 2.45) is 5.92 Å². The molecule has 0 spiro atoms. The first-order chi connectivity index (χ1) is 8.16. The maximum atomic E-state index is 13.6. The summed E-state index contributed by atoms with van der Waals surface area (Å²) in [5.74, 6) is 0.387. The molecule has 2 nitrogen and oxygen atoms in total. The molecule has 1 aliphatic carbocycles. The van der Waals surface area contributed by atoms with E-state index < -0.39 is 0 Å². The van der Waals surface area contributed by atoms with Gasteiger partial charge in [-0.2, -0.15) is 0 Å². The van der Waals surface area contributed by atoms with Crippen LogP contribution in [0.2, 0.25) is 0 Å². The lowest BCUT2D eigenvalue weighted by Crippen LogP contribution is -2.32. The lowest BCUT2D eigenvalue weighted by molar-refractivity contribution is 0.507. The van der Waals surface area contributed by atoms with Gasteiger partial charge >= 0.3 is 0 Å². The van der Waals surface area contributed by atoms with E-state index in [1.54, 1.807) is 6.07 Å². The summed E-state index contributed by atoms with van der Waals surface area (Å²) in [5, 5.41) is 3.51. The highest BCUT2D eigenvalue weighted by Gasteiger charge is 2.21. The second kappa shape index (κ2) is 5.50. The van der Waals surface area contributed by atoms with Gasteiger partial charge < -0.3 is 10.2 Å². The van der Waals surface area contributed by atoms with Crippen LogP contribution in [0.1, 0.15) is 19.8 Å². The Kier molecular flexibility index (Phi) is 4.00. The fraction of sp³-hybridized carbons (Fsp3) is 0.571. The summed E-state index contributed by atoms with van der Waals surface area (Å²) in [5.41, 5.74) is 0.686. The van der Waals surface area contributed by atoms with E-state index in [0.29, 0.717) is 11.6 Å². The molecule has 0 heterocycles. The molecule has 0 amide bonds. The number of para-hydroxylation sites is 1. The lowest BCUT2D eigenvalue weighted by Gasteiger charge is -2.24. The van der Waals surface area contributed by atoms with E-state index in [-0.39, 0.29) is 5.82 Å². The highest BCUT2D eigenvalue weighted by molar-refractivity contribution is 5.46. The Labute approximate surface area is 103 Å². The van der Waals surface area contributed by atoms with Crippen molar-refractivity contribution in [1.82, 2.24) is 5.32 Å². The van der Waals surface area contributed by atoms with Crippen molar-refractivity contribution in [3.05, 3.63) is 30.1 Å². The quantitative estimate of drug-likeness (QED) is 0.817. The molecule has 1 N–H and O–H groups in total. The second-order valence-corrected chi connectivity index (χ2v) is 5.12. The molecule has 17 heavy (non-hydrogen) atoms. The minimum absolute atomic E-state index is 0.141. The van der Waals surface area contributed by atoms with Crippen LogP contribution in [0.5, 0.6) is 0 Å². The predicted molar refractivity (Wildman–Crippen MR) is 69.9 cm³/mol. The third-order valence-corrected chi connectivity index (χ3v) is 3.18. The SMILES string of the molecule is CC(CNC1CC1)CN(C)c1ccccc1F. The van der Waals surface area contributed by atoms with Gasteiger partial charge in [0.05, 0.1) is 5.69 Å². The third kappa shape index (κ3) is 3.70. The molecule has 3 heteroatoms. The summed E-state index contributed by atoms with van der Waals surface area (Å²) in [6.45, 7) is 4.09. The summed E-state index contributed by atoms with van der Waals surface area (Å²) in [6.07, 6.45) is 2.63. The van der Waals surface area contributed by atoms with E-state index in [2.05, 4.69) is 12.2 Å². The Morgan fingerprint density at radius 3 is 2.76 bits per heavy atom. The molecular formula is C14H21FN2. The fourth-order valence-electron chi connectivity index (χ4n) is 2.05. The summed E-state index contributed by atoms with van der Waals surface area (Å²) < 4.78 is 13.6. The molecule has 1 fully saturated rings. The average molecular weight is 236 g/mol. The monoisotopic (exact) mass is 236 g/mol. The van der Waals surface area contributed by atoms with Crippen LogP contribution < -0.4 is 10.2 Å². The Bertz CT molecular complexity index is 363. The zero-order valence-corrected chi connectivity index (χ0v) is 10.6. The zero-order valence-electron chi connectivity index (χ0n) is 10.6. The van der Waals surface area contributed by atoms with Crippen LogP contribution >= 0.6 is 0 Å². The molecule has 2 rings (SSSR count). The number of rotatable bonds is 6. The minimum atomic E-state index is -0.141. The Morgan fingerprint density at radius 2 is 2.12 bits per heavy atom. The van der Waals surface area contributed by atoms with E-state index in [1.165, 1.54) is 18.9 Å². The van der Waals surface area contributed by atoms with Crippen LogP contribution in [0.15, 0.2) is 24.3 Å². The lowest BCUT2D eigenvalue weighted by atomic mass is 10.1. The Morgan fingerprint density at radius 1 is 1.41 bits per heavy atom. The van der Waals surface area contributed by atoms with E-state index in [9.17, 15) is 4.39 Å². The molecule has 0 radical (unpaired) electrons. The van der Waals surface area contributed by atoms with Crippen LogP contribution in [0, 0.1) is 11.7 Å². The van der Waals surface area contributed by atoms with Gasteiger partial charge in [-0.15, -0.1) is 0 Å². The van der Waals surface area contributed by atoms with Gasteiger partial charge in [0.25, 0.3) is 0 Å². The van der Waals surface area contributed by atoms with Gasteiger partial charge in [0.2, 0.25) is 0 Å². The van der Waals surface area contributed by atoms with Crippen molar-refractivity contribution >= 4 is 5.69 Å². The first-order valence-electron chi connectivity index (χ1n) is 6.36. The second-order valence-electron chi connectivity index (χ2n) is 5.12.